The summed E-state index contributed by atoms with van der Waals surface area (Å²) in [5, 5.41) is 20.6. The van der Waals surface area contributed by atoms with Crippen LogP contribution in [0.4, 0.5) is 11.5 Å². The number of hydrogen-bond acceptors (Lipinski definition) is 6. The van der Waals surface area contributed by atoms with Gasteiger partial charge in [-0.15, -0.1) is 0 Å². The van der Waals surface area contributed by atoms with Crippen molar-refractivity contribution in [1.82, 2.24) is 4.98 Å². The summed E-state index contributed by atoms with van der Waals surface area (Å²) in [6, 6.07) is 15.2. The monoisotopic (exact) mass is 424 g/mol. The average molecular weight is 425 g/mol. The third kappa shape index (κ3) is 3.59. The minimum absolute atomic E-state index is 0.0403. The number of nitrogens with two attached hydrogens (primary N) is 1. The molecular formula is C19H13BrN4O3. The summed E-state index contributed by atoms with van der Waals surface area (Å²) in [5.74, 6) is 0.601. The highest BCUT2D eigenvalue weighted by molar-refractivity contribution is 9.10. The van der Waals surface area contributed by atoms with E-state index in [1.807, 2.05) is 12.1 Å². The molecule has 134 valence electrons. The molecule has 0 radical (unpaired) electrons. The topological polar surface area (TPSA) is 115 Å². The van der Waals surface area contributed by atoms with Gasteiger partial charge in [-0.05, 0) is 24.3 Å². The van der Waals surface area contributed by atoms with Crippen LogP contribution in [0.25, 0.3) is 22.4 Å². The molecule has 0 unspecified atom stereocenters. The first-order chi connectivity index (χ1) is 12.9. The third-order valence-corrected chi connectivity index (χ3v) is 4.46. The van der Waals surface area contributed by atoms with Crippen LogP contribution >= 0.6 is 15.9 Å². The Labute approximate surface area is 163 Å². The van der Waals surface area contributed by atoms with E-state index in [0.717, 1.165) is 4.47 Å². The number of anilines is 1. The second-order valence-electron chi connectivity index (χ2n) is 5.58. The van der Waals surface area contributed by atoms with Crippen molar-refractivity contribution in [3.05, 3.63) is 68.7 Å². The van der Waals surface area contributed by atoms with Gasteiger partial charge in [-0.25, -0.2) is 4.98 Å². The van der Waals surface area contributed by atoms with Gasteiger partial charge in [0.05, 0.1) is 17.7 Å². The summed E-state index contributed by atoms with van der Waals surface area (Å²) in [6.45, 7) is 0. The van der Waals surface area contributed by atoms with Gasteiger partial charge in [0, 0.05) is 33.3 Å². The van der Waals surface area contributed by atoms with Crippen LogP contribution < -0.4 is 10.5 Å². The van der Waals surface area contributed by atoms with Crippen molar-refractivity contribution in [3.8, 4) is 34.2 Å². The Kier molecular flexibility index (Phi) is 5.05. The molecule has 0 aliphatic rings. The summed E-state index contributed by atoms with van der Waals surface area (Å²) in [5.41, 5.74) is 8.30. The number of nitrogens with zero attached hydrogens (tertiary/aromatic N) is 3. The molecule has 0 atom stereocenters. The van der Waals surface area contributed by atoms with Gasteiger partial charge in [0.15, 0.2) is 0 Å². The molecule has 0 aliphatic heterocycles. The lowest BCUT2D eigenvalue weighted by atomic mass is 9.97. The number of methoxy groups -OCH3 is 1. The molecule has 0 saturated heterocycles. The lowest BCUT2D eigenvalue weighted by Crippen LogP contribution is -2.01. The molecule has 3 aromatic rings. The van der Waals surface area contributed by atoms with E-state index in [4.69, 9.17) is 10.5 Å². The second-order valence-corrected chi connectivity index (χ2v) is 6.49. The SMILES string of the molecule is COc1ccc(Br)cc1-c1cc(-c2cccc([N+](=O)[O-])c2)nc(N)c1C#N. The van der Waals surface area contributed by atoms with Crippen LogP contribution in [-0.2, 0) is 0 Å². The van der Waals surface area contributed by atoms with E-state index >= 15 is 0 Å². The number of benzene rings is 2. The Hall–Kier alpha value is -3.44. The number of hydrogen-bond donors (Lipinski definition) is 1. The van der Waals surface area contributed by atoms with E-state index < -0.39 is 4.92 Å². The zero-order valence-electron chi connectivity index (χ0n) is 14.1. The van der Waals surface area contributed by atoms with E-state index in [9.17, 15) is 15.4 Å². The highest BCUT2D eigenvalue weighted by Crippen LogP contribution is 2.38. The summed E-state index contributed by atoms with van der Waals surface area (Å²) < 4.78 is 6.21. The molecule has 8 heteroatoms. The Bertz CT molecular complexity index is 1090. The van der Waals surface area contributed by atoms with Gasteiger partial charge in [-0.2, -0.15) is 5.26 Å². The fraction of sp³-hybridized carbons (Fsp3) is 0.0526. The number of ether oxygens (including phenoxy) is 1. The van der Waals surface area contributed by atoms with Gasteiger partial charge in [0.1, 0.15) is 23.2 Å². The summed E-state index contributed by atoms with van der Waals surface area (Å²) in [6.07, 6.45) is 0. The zero-order chi connectivity index (χ0) is 19.6. The fourth-order valence-corrected chi connectivity index (χ4v) is 3.07. The maximum absolute atomic E-state index is 11.1. The van der Waals surface area contributed by atoms with Crippen molar-refractivity contribution in [2.24, 2.45) is 0 Å². The normalized spacial score (nSPS) is 10.3. The van der Waals surface area contributed by atoms with Gasteiger partial charge in [0.2, 0.25) is 0 Å². The van der Waals surface area contributed by atoms with Gasteiger partial charge in [-0.3, -0.25) is 10.1 Å². The molecule has 7 nitrogen and oxygen atoms in total. The Morgan fingerprint density at radius 1 is 1.22 bits per heavy atom. The third-order valence-electron chi connectivity index (χ3n) is 3.96. The maximum atomic E-state index is 11.1. The van der Waals surface area contributed by atoms with Crippen LogP contribution in [0, 0.1) is 21.4 Å². The number of nitrogen functional groups attached to an aromatic ring is 1. The molecule has 0 bridgehead atoms. The molecule has 1 aromatic heterocycles. The second kappa shape index (κ2) is 7.43. The average Bonchev–Trinajstić information content (AvgIpc) is 2.67. The summed E-state index contributed by atoms with van der Waals surface area (Å²) in [4.78, 5) is 14.8. The van der Waals surface area contributed by atoms with Crippen LogP contribution in [0.1, 0.15) is 5.56 Å². The molecule has 0 fully saturated rings. The van der Waals surface area contributed by atoms with Crippen LogP contribution in [0.15, 0.2) is 53.0 Å². The highest BCUT2D eigenvalue weighted by atomic mass is 79.9. The fourth-order valence-electron chi connectivity index (χ4n) is 2.71. The van der Waals surface area contributed by atoms with E-state index in [-0.39, 0.29) is 17.1 Å². The lowest BCUT2D eigenvalue weighted by Gasteiger charge is -2.13. The van der Waals surface area contributed by atoms with Gasteiger partial charge in [-0.1, -0.05) is 28.1 Å². The van der Waals surface area contributed by atoms with Gasteiger partial charge >= 0.3 is 0 Å². The number of pyridine rings is 1. The number of nitro benzene ring substituents is 1. The first kappa shape index (κ1) is 18.4. The van der Waals surface area contributed by atoms with E-state index in [2.05, 4.69) is 27.0 Å². The number of halogens is 1. The van der Waals surface area contributed by atoms with E-state index in [1.54, 1.807) is 24.3 Å². The summed E-state index contributed by atoms with van der Waals surface area (Å²) in [7, 11) is 1.53. The predicted molar refractivity (Wildman–Crippen MR) is 105 cm³/mol. The number of nitro groups is 1. The highest BCUT2D eigenvalue weighted by Gasteiger charge is 2.18. The van der Waals surface area contributed by atoms with Crippen molar-refractivity contribution < 1.29 is 9.66 Å². The Morgan fingerprint density at radius 3 is 2.67 bits per heavy atom. The van der Waals surface area contributed by atoms with Gasteiger partial charge in [0.25, 0.3) is 5.69 Å². The predicted octanol–water partition coefficient (Wildman–Crippen LogP) is 4.55. The van der Waals surface area contributed by atoms with Crippen LogP contribution in [-0.4, -0.2) is 17.0 Å². The van der Waals surface area contributed by atoms with Gasteiger partial charge < -0.3 is 10.5 Å². The van der Waals surface area contributed by atoms with Crippen molar-refractivity contribution >= 4 is 27.4 Å². The van der Waals surface area contributed by atoms with Crippen molar-refractivity contribution in [3.63, 3.8) is 0 Å². The van der Waals surface area contributed by atoms with Crippen molar-refractivity contribution in [1.29, 1.82) is 5.26 Å². The molecule has 0 saturated carbocycles. The molecule has 0 spiro atoms. The molecule has 27 heavy (non-hydrogen) atoms. The quantitative estimate of drug-likeness (QED) is 0.485. The zero-order valence-corrected chi connectivity index (χ0v) is 15.7. The van der Waals surface area contributed by atoms with Crippen LogP contribution in [0.3, 0.4) is 0 Å². The van der Waals surface area contributed by atoms with Crippen LogP contribution in [0.2, 0.25) is 0 Å². The first-order valence-electron chi connectivity index (χ1n) is 7.74. The minimum atomic E-state index is -0.477. The number of aromatic nitrogens is 1. The molecule has 1 heterocycles. The molecule has 0 amide bonds. The van der Waals surface area contributed by atoms with Crippen LogP contribution in [0.5, 0.6) is 5.75 Å². The maximum Gasteiger partial charge on any atom is 0.270 e. The Morgan fingerprint density at radius 2 is 2.00 bits per heavy atom. The molecule has 2 N–H and O–H groups in total. The molecule has 2 aromatic carbocycles. The molecule has 0 aliphatic carbocycles. The smallest absolute Gasteiger partial charge is 0.270 e. The lowest BCUT2D eigenvalue weighted by molar-refractivity contribution is -0.384. The largest absolute Gasteiger partial charge is 0.496 e. The Balaban J connectivity index is 2.28. The number of non-ortho nitro benzene ring substituents is 1. The number of nitriles is 1. The standard InChI is InChI=1S/C19H13BrN4O3/c1-27-18-6-5-12(20)8-15(18)14-9-17(23-19(22)16(14)10-21)11-3-2-4-13(7-11)24(25)26/h2-9H,1H3,(H2,22,23). The summed E-state index contributed by atoms with van der Waals surface area (Å²) >= 11 is 3.42. The molecular weight excluding hydrogens is 412 g/mol. The van der Waals surface area contributed by atoms with E-state index in [1.165, 1.54) is 19.2 Å². The first-order valence-corrected chi connectivity index (χ1v) is 8.53. The minimum Gasteiger partial charge on any atom is -0.496 e. The van der Waals surface area contributed by atoms with Crippen molar-refractivity contribution in [2.75, 3.05) is 12.8 Å². The number of rotatable bonds is 4. The molecule has 3 rings (SSSR count). The van der Waals surface area contributed by atoms with Crippen molar-refractivity contribution in [2.45, 2.75) is 0 Å². The van der Waals surface area contributed by atoms with E-state index in [0.29, 0.717) is 28.1 Å².